The molecule has 150 valence electrons. The Balaban J connectivity index is 2.25. The van der Waals surface area contributed by atoms with E-state index >= 15 is 0 Å². The minimum Gasteiger partial charge on any atom is -0.339 e. The number of fused-ring (bicyclic) bond motifs is 3. The molecule has 1 aliphatic carbocycles. The van der Waals surface area contributed by atoms with Crippen LogP contribution in [0.2, 0.25) is 0 Å². The number of nitro groups is 2. The van der Waals surface area contributed by atoms with Crippen LogP contribution < -0.4 is 0 Å². The number of rotatable bonds is 7. The number of carbonyl (C=O) groups is 2. The standard InChI is InChI=1S/C20H19N3O6/c1-3-7-21(8-4-2)20(25)17-11-13(23(28)29)10-16-18(17)14-6-5-12(22(26)27)9-15(14)19(16)24/h5-6,9-11H,3-4,7-8H2,1-2H3. The number of non-ortho nitro benzene ring substituents is 2. The van der Waals surface area contributed by atoms with E-state index in [0.717, 1.165) is 12.1 Å². The minimum atomic E-state index is -0.653. The van der Waals surface area contributed by atoms with Crippen LogP contribution in [0.5, 0.6) is 0 Å². The highest BCUT2D eigenvalue weighted by atomic mass is 16.6. The molecule has 0 unspecified atom stereocenters. The number of ketones is 1. The second-order valence-corrected chi connectivity index (χ2v) is 6.78. The summed E-state index contributed by atoms with van der Waals surface area (Å²) in [5.74, 6) is -0.957. The fourth-order valence-electron chi connectivity index (χ4n) is 3.59. The number of benzene rings is 2. The van der Waals surface area contributed by atoms with Crippen molar-refractivity contribution < 1.29 is 19.4 Å². The maximum absolute atomic E-state index is 13.2. The maximum Gasteiger partial charge on any atom is 0.271 e. The summed E-state index contributed by atoms with van der Waals surface area (Å²) in [5, 5.41) is 22.5. The molecule has 0 aromatic heterocycles. The molecule has 29 heavy (non-hydrogen) atoms. The Morgan fingerprint density at radius 1 is 0.897 bits per heavy atom. The lowest BCUT2D eigenvalue weighted by atomic mass is 9.97. The van der Waals surface area contributed by atoms with Crippen LogP contribution in [0.25, 0.3) is 11.1 Å². The molecule has 1 aliphatic rings. The summed E-state index contributed by atoms with van der Waals surface area (Å²) in [6.45, 7) is 4.80. The molecule has 0 N–H and O–H groups in total. The van der Waals surface area contributed by atoms with Gasteiger partial charge < -0.3 is 4.90 Å². The first kappa shape index (κ1) is 20.1. The van der Waals surface area contributed by atoms with E-state index in [4.69, 9.17) is 0 Å². The predicted octanol–water partition coefficient (Wildman–Crippen LogP) is 3.98. The Morgan fingerprint density at radius 2 is 1.48 bits per heavy atom. The van der Waals surface area contributed by atoms with Crippen molar-refractivity contribution in [1.29, 1.82) is 0 Å². The molecule has 0 saturated heterocycles. The topological polar surface area (TPSA) is 124 Å². The van der Waals surface area contributed by atoms with Crippen molar-refractivity contribution in [3.8, 4) is 11.1 Å². The number of amides is 1. The van der Waals surface area contributed by atoms with Crippen molar-refractivity contribution in [1.82, 2.24) is 4.90 Å². The fraction of sp³-hybridized carbons (Fsp3) is 0.300. The highest BCUT2D eigenvalue weighted by molar-refractivity contribution is 6.25. The average molecular weight is 397 g/mol. The van der Waals surface area contributed by atoms with Crippen molar-refractivity contribution in [2.45, 2.75) is 26.7 Å². The van der Waals surface area contributed by atoms with E-state index in [-0.39, 0.29) is 28.1 Å². The SMILES string of the molecule is CCCN(CCC)C(=O)c1cc([N+](=O)[O-])cc2c1-c1ccc([N+](=O)[O-])cc1C2=O. The van der Waals surface area contributed by atoms with Gasteiger partial charge in [-0.3, -0.25) is 29.8 Å². The average Bonchev–Trinajstić information content (AvgIpc) is 2.98. The van der Waals surface area contributed by atoms with Crippen LogP contribution >= 0.6 is 0 Å². The zero-order chi connectivity index (χ0) is 21.3. The van der Waals surface area contributed by atoms with E-state index in [1.807, 2.05) is 13.8 Å². The van der Waals surface area contributed by atoms with Crippen molar-refractivity contribution in [3.05, 3.63) is 67.3 Å². The van der Waals surface area contributed by atoms with Gasteiger partial charge in [-0.05, 0) is 24.5 Å². The molecule has 9 heteroatoms. The number of carbonyl (C=O) groups excluding carboxylic acids is 2. The zero-order valence-corrected chi connectivity index (χ0v) is 16.0. The molecule has 9 nitrogen and oxygen atoms in total. The van der Waals surface area contributed by atoms with Gasteiger partial charge in [-0.15, -0.1) is 0 Å². The maximum atomic E-state index is 13.2. The van der Waals surface area contributed by atoms with Gasteiger partial charge in [-0.2, -0.15) is 0 Å². The molecule has 0 spiro atoms. The first-order chi connectivity index (χ1) is 13.8. The van der Waals surface area contributed by atoms with Gasteiger partial charge in [0.15, 0.2) is 5.78 Å². The van der Waals surface area contributed by atoms with E-state index in [0.29, 0.717) is 37.1 Å². The van der Waals surface area contributed by atoms with Gasteiger partial charge in [0.2, 0.25) is 0 Å². The van der Waals surface area contributed by atoms with Crippen LogP contribution in [0.4, 0.5) is 11.4 Å². The number of nitro benzene ring substituents is 2. The van der Waals surface area contributed by atoms with Crippen molar-refractivity contribution in [3.63, 3.8) is 0 Å². The van der Waals surface area contributed by atoms with E-state index in [2.05, 4.69) is 0 Å². The Hall–Kier alpha value is -3.62. The monoisotopic (exact) mass is 397 g/mol. The lowest BCUT2D eigenvalue weighted by Crippen LogP contribution is -2.33. The summed E-state index contributed by atoms with van der Waals surface area (Å²) in [6, 6.07) is 6.14. The van der Waals surface area contributed by atoms with Gasteiger partial charge >= 0.3 is 0 Å². The third-order valence-electron chi connectivity index (χ3n) is 4.81. The quantitative estimate of drug-likeness (QED) is 0.439. The largest absolute Gasteiger partial charge is 0.339 e. The molecule has 0 heterocycles. The first-order valence-electron chi connectivity index (χ1n) is 9.25. The molecule has 0 atom stereocenters. The molecule has 2 aromatic rings. The molecular formula is C20H19N3O6. The Morgan fingerprint density at radius 3 is 2.03 bits per heavy atom. The van der Waals surface area contributed by atoms with Crippen LogP contribution in [0.3, 0.4) is 0 Å². The highest BCUT2D eigenvalue weighted by Gasteiger charge is 2.35. The number of nitrogens with zero attached hydrogens (tertiary/aromatic N) is 3. The van der Waals surface area contributed by atoms with Crippen LogP contribution in [-0.4, -0.2) is 39.5 Å². The second kappa shape index (κ2) is 7.78. The summed E-state index contributed by atoms with van der Waals surface area (Å²) in [5.41, 5.74) is 0.209. The van der Waals surface area contributed by atoms with E-state index in [9.17, 15) is 29.8 Å². The molecular weight excluding hydrogens is 378 g/mol. The molecule has 3 rings (SSSR count). The van der Waals surface area contributed by atoms with Gasteiger partial charge in [0.05, 0.1) is 15.4 Å². The summed E-state index contributed by atoms with van der Waals surface area (Å²) in [6.07, 6.45) is 1.43. The van der Waals surface area contributed by atoms with Crippen molar-refractivity contribution in [2.24, 2.45) is 0 Å². The molecule has 0 bridgehead atoms. The van der Waals surface area contributed by atoms with Crippen molar-refractivity contribution in [2.75, 3.05) is 13.1 Å². The van der Waals surface area contributed by atoms with Gasteiger partial charge in [0, 0.05) is 54.0 Å². The van der Waals surface area contributed by atoms with E-state index < -0.39 is 21.5 Å². The molecule has 0 saturated carbocycles. The van der Waals surface area contributed by atoms with Gasteiger partial charge in [-0.1, -0.05) is 13.8 Å². The number of hydrogen-bond acceptors (Lipinski definition) is 6. The Kier molecular flexibility index (Phi) is 5.40. The summed E-state index contributed by atoms with van der Waals surface area (Å²) < 4.78 is 0. The van der Waals surface area contributed by atoms with Crippen LogP contribution in [-0.2, 0) is 0 Å². The van der Waals surface area contributed by atoms with Crippen LogP contribution in [0.15, 0.2) is 30.3 Å². The predicted molar refractivity (Wildman–Crippen MR) is 105 cm³/mol. The number of hydrogen-bond donors (Lipinski definition) is 0. The van der Waals surface area contributed by atoms with E-state index in [1.165, 1.54) is 18.2 Å². The smallest absolute Gasteiger partial charge is 0.271 e. The second-order valence-electron chi connectivity index (χ2n) is 6.78. The van der Waals surface area contributed by atoms with Crippen molar-refractivity contribution >= 4 is 23.1 Å². The molecule has 0 fully saturated rings. The Bertz CT molecular complexity index is 1040. The third-order valence-corrected chi connectivity index (χ3v) is 4.81. The van der Waals surface area contributed by atoms with Gasteiger partial charge in [0.25, 0.3) is 17.3 Å². The Labute approximate surface area is 166 Å². The normalized spacial score (nSPS) is 11.7. The lowest BCUT2D eigenvalue weighted by molar-refractivity contribution is -0.385. The molecule has 1 amide bonds. The van der Waals surface area contributed by atoms with E-state index in [1.54, 1.807) is 4.90 Å². The lowest BCUT2D eigenvalue weighted by Gasteiger charge is -2.22. The summed E-state index contributed by atoms with van der Waals surface area (Å²) >= 11 is 0. The summed E-state index contributed by atoms with van der Waals surface area (Å²) in [7, 11) is 0. The summed E-state index contributed by atoms with van der Waals surface area (Å²) in [4.78, 5) is 48.9. The molecule has 0 aliphatic heterocycles. The van der Waals surface area contributed by atoms with Gasteiger partial charge in [-0.25, -0.2) is 0 Å². The molecule has 0 radical (unpaired) electrons. The fourth-order valence-corrected chi connectivity index (χ4v) is 3.59. The molecule has 2 aromatic carbocycles. The first-order valence-corrected chi connectivity index (χ1v) is 9.25. The van der Waals surface area contributed by atoms with Crippen LogP contribution in [0.1, 0.15) is 53.0 Å². The zero-order valence-electron chi connectivity index (χ0n) is 16.0. The third kappa shape index (κ3) is 3.46. The van der Waals surface area contributed by atoms with Crippen LogP contribution in [0, 0.1) is 20.2 Å². The van der Waals surface area contributed by atoms with Gasteiger partial charge in [0.1, 0.15) is 0 Å². The highest BCUT2D eigenvalue weighted by Crippen LogP contribution is 2.42. The minimum absolute atomic E-state index is 0.0194.